The lowest BCUT2D eigenvalue weighted by Crippen LogP contribution is -2.37. The van der Waals surface area contributed by atoms with Gasteiger partial charge in [-0.3, -0.25) is 0 Å². The molecule has 0 spiro atoms. The number of nitrogens with zero attached hydrogens (tertiary/aromatic N) is 5. The number of fused-ring (bicyclic) bond motifs is 2. The highest BCUT2D eigenvalue weighted by molar-refractivity contribution is 5.87. The van der Waals surface area contributed by atoms with Crippen molar-refractivity contribution in [2.75, 3.05) is 18.0 Å². The molecule has 1 aromatic carbocycles. The van der Waals surface area contributed by atoms with Crippen molar-refractivity contribution in [3.05, 3.63) is 42.1 Å². The molecule has 0 bridgehead atoms. The highest BCUT2D eigenvalue weighted by Gasteiger charge is 2.25. The van der Waals surface area contributed by atoms with Gasteiger partial charge in [0.15, 0.2) is 0 Å². The van der Waals surface area contributed by atoms with Crippen LogP contribution in [0.15, 0.2) is 35.1 Å². The number of piperidine rings is 1. The minimum Gasteiger partial charge on any atom is -0.356 e. The summed E-state index contributed by atoms with van der Waals surface area (Å²) in [6, 6.07) is 8.19. The molecule has 0 unspecified atom stereocenters. The molecule has 1 aliphatic heterocycles. The smallest absolute Gasteiger partial charge is 0.263 e. The van der Waals surface area contributed by atoms with E-state index in [1.54, 1.807) is 6.33 Å². The molecule has 1 saturated heterocycles. The zero-order valence-electron chi connectivity index (χ0n) is 14.6. The van der Waals surface area contributed by atoms with Crippen LogP contribution in [-0.2, 0) is 6.42 Å². The van der Waals surface area contributed by atoms with Crippen molar-refractivity contribution in [2.45, 2.75) is 26.2 Å². The molecule has 132 valence electrons. The largest absolute Gasteiger partial charge is 0.356 e. The summed E-state index contributed by atoms with van der Waals surface area (Å²) >= 11 is 0. The summed E-state index contributed by atoms with van der Waals surface area (Å²) in [6.07, 6.45) is 4.85. The van der Waals surface area contributed by atoms with Crippen molar-refractivity contribution >= 4 is 28.0 Å². The number of hydrogen-bond acceptors (Lipinski definition) is 6. The van der Waals surface area contributed by atoms with Gasteiger partial charge in [-0.15, -0.1) is 0 Å². The standard InChI is InChI=1S/C19H20N6O/c1-12-17-18(20-11-21-19(17)26-24-12)25-8-4-5-13(10-25)9-16-22-14-6-2-3-7-15(14)23-16/h2-3,6-7,11,13H,4-5,8-10H2,1H3,(H,22,23)/t13-/m1/s1. The Bertz CT molecular complexity index is 1040. The second-order valence-electron chi connectivity index (χ2n) is 7.00. The summed E-state index contributed by atoms with van der Waals surface area (Å²) in [5, 5.41) is 4.97. The average Bonchev–Trinajstić information content (AvgIpc) is 3.25. The Hall–Kier alpha value is -2.96. The van der Waals surface area contributed by atoms with Gasteiger partial charge in [0, 0.05) is 19.5 Å². The van der Waals surface area contributed by atoms with E-state index in [4.69, 9.17) is 9.51 Å². The van der Waals surface area contributed by atoms with Crippen LogP contribution in [-0.4, -0.2) is 38.2 Å². The Morgan fingerprint density at radius 2 is 2.19 bits per heavy atom. The van der Waals surface area contributed by atoms with E-state index in [1.165, 1.54) is 6.42 Å². The molecule has 26 heavy (non-hydrogen) atoms. The third-order valence-corrected chi connectivity index (χ3v) is 5.16. The molecule has 1 atom stereocenters. The van der Waals surface area contributed by atoms with E-state index in [-0.39, 0.29) is 0 Å². The number of H-pyrrole nitrogens is 1. The lowest BCUT2D eigenvalue weighted by molar-refractivity contribution is 0.406. The molecule has 3 aromatic heterocycles. The van der Waals surface area contributed by atoms with Crippen molar-refractivity contribution in [3.63, 3.8) is 0 Å². The van der Waals surface area contributed by atoms with Crippen LogP contribution < -0.4 is 4.90 Å². The summed E-state index contributed by atoms with van der Waals surface area (Å²) in [5.41, 5.74) is 3.54. The number of aromatic amines is 1. The predicted molar refractivity (Wildman–Crippen MR) is 99.1 cm³/mol. The molecule has 7 nitrogen and oxygen atoms in total. The number of rotatable bonds is 3. The Balaban J connectivity index is 1.40. The van der Waals surface area contributed by atoms with E-state index in [1.807, 2.05) is 19.1 Å². The van der Waals surface area contributed by atoms with Gasteiger partial charge in [0.2, 0.25) is 0 Å². The number of nitrogens with one attached hydrogen (secondary N) is 1. The first-order chi connectivity index (χ1) is 12.8. The summed E-state index contributed by atoms with van der Waals surface area (Å²) in [5.74, 6) is 2.53. The summed E-state index contributed by atoms with van der Waals surface area (Å²) in [6.45, 7) is 3.88. The lowest BCUT2D eigenvalue weighted by Gasteiger charge is -2.33. The van der Waals surface area contributed by atoms with Crippen LogP contribution in [0.1, 0.15) is 24.4 Å². The van der Waals surface area contributed by atoms with Crippen molar-refractivity contribution in [1.82, 2.24) is 25.1 Å². The summed E-state index contributed by atoms with van der Waals surface area (Å²) in [7, 11) is 0. The molecule has 5 rings (SSSR count). The molecule has 1 N–H and O–H groups in total. The van der Waals surface area contributed by atoms with E-state index in [9.17, 15) is 0 Å². The Morgan fingerprint density at radius 1 is 1.27 bits per heavy atom. The minimum atomic E-state index is 0.537. The Morgan fingerprint density at radius 3 is 3.12 bits per heavy atom. The van der Waals surface area contributed by atoms with E-state index in [0.29, 0.717) is 11.6 Å². The van der Waals surface area contributed by atoms with Crippen molar-refractivity contribution in [1.29, 1.82) is 0 Å². The number of hydrogen-bond donors (Lipinski definition) is 1. The number of benzene rings is 1. The van der Waals surface area contributed by atoms with Crippen molar-refractivity contribution in [3.8, 4) is 0 Å². The minimum absolute atomic E-state index is 0.537. The molecule has 1 fully saturated rings. The highest BCUT2D eigenvalue weighted by atomic mass is 16.5. The fraction of sp³-hybridized carbons (Fsp3) is 0.368. The molecule has 0 saturated carbocycles. The molecule has 4 heterocycles. The molecule has 7 heteroatoms. The zero-order valence-corrected chi connectivity index (χ0v) is 14.6. The van der Waals surface area contributed by atoms with Gasteiger partial charge in [0.25, 0.3) is 5.71 Å². The summed E-state index contributed by atoms with van der Waals surface area (Å²) < 4.78 is 5.29. The maximum Gasteiger partial charge on any atom is 0.263 e. The molecule has 0 amide bonds. The molecule has 1 aliphatic rings. The zero-order chi connectivity index (χ0) is 17.5. The molecule has 0 radical (unpaired) electrons. The fourth-order valence-corrected chi connectivity index (χ4v) is 3.94. The quantitative estimate of drug-likeness (QED) is 0.612. The molecular weight excluding hydrogens is 328 g/mol. The van der Waals surface area contributed by atoms with Gasteiger partial charge in [-0.25, -0.2) is 9.97 Å². The van der Waals surface area contributed by atoms with Gasteiger partial charge in [-0.1, -0.05) is 17.3 Å². The number of anilines is 1. The number of para-hydroxylation sites is 2. The first-order valence-electron chi connectivity index (χ1n) is 9.03. The molecule has 0 aliphatic carbocycles. The van der Waals surface area contributed by atoms with Crippen LogP contribution in [0.25, 0.3) is 22.1 Å². The van der Waals surface area contributed by atoms with Gasteiger partial charge >= 0.3 is 0 Å². The van der Waals surface area contributed by atoms with Crippen LogP contribution in [0, 0.1) is 12.8 Å². The van der Waals surface area contributed by atoms with E-state index >= 15 is 0 Å². The SMILES string of the molecule is Cc1noc2ncnc(N3CCC[C@H](Cc4nc5ccccc5[nH]4)C3)c12. The topological polar surface area (TPSA) is 83.7 Å². The molecular formula is C19H20N6O. The predicted octanol–water partition coefficient (Wildman–Crippen LogP) is 3.26. The first-order valence-corrected chi connectivity index (χ1v) is 9.03. The maximum atomic E-state index is 5.29. The second-order valence-corrected chi connectivity index (χ2v) is 7.00. The van der Waals surface area contributed by atoms with Crippen LogP contribution in [0.5, 0.6) is 0 Å². The second kappa shape index (κ2) is 6.09. The third kappa shape index (κ3) is 2.60. The monoisotopic (exact) mass is 348 g/mol. The van der Waals surface area contributed by atoms with E-state index < -0.39 is 0 Å². The number of aromatic nitrogens is 5. The van der Waals surface area contributed by atoms with Gasteiger partial charge < -0.3 is 14.4 Å². The van der Waals surface area contributed by atoms with Crippen molar-refractivity contribution in [2.24, 2.45) is 5.92 Å². The van der Waals surface area contributed by atoms with Crippen LogP contribution >= 0.6 is 0 Å². The maximum absolute atomic E-state index is 5.29. The first kappa shape index (κ1) is 15.3. The lowest BCUT2D eigenvalue weighted by atomic mass is 9.94. The van der Waals surface area contributed by atoms with Gasteiger partial charge in [0.05, 0.1) is 16.7 Å². The van der Waals surface area contributed by atoms with Crippen molar-refractivity contribution < 1.29 is 4.52 Å². The number of imidazole rings is 1. The van der Waals surface area contributed by atoms with Crippen LogP contribution in [0.4, 0.5) is 5.82 Å². The third-order valence-electron chi connectivity index (χ3n) is 5.16. The fourth-order valence-electron chi connectivity index (χ4n) is 3.94. The van der Waals surface area contributed by atoms with Gasteiger partial charge in [0.1, 0.15) is 23.4 Å². The number of aryl methyl sites for hydroxylation is 1. The van der Waals surface area contributed by atoms with E-state index in [2.05, 4.69) is 37.1 Å². The van der Waals surface area contributed by atoms with Gasteiger partial charge in [-0.2, -0.15) is 4.98 Å². The van der Waals surface area contributed by atoms with Gasteiger partial charge in [-0.05, 0) is 37.8 Å². The van der Waals surface area contributed by atoms with Crippen LogP contribution in [0.3, 0.4) is 0 Å². The average molecular weight is 348 g/mol. The summed E-state index contributed by atoms with van der Waals surface area (Å²) in [4.78, 5) is 19.2. The Labute approximate surface area is 150 Å². The van der Waals surface area contributed by atoms with Crippen LogP contribution in [0.2, 0.25) is 0 Å². The normalized spacial score (nSPS) is 18.0. The van der Waals surface area contributed by atoms with E-state index in [0.717, 1.165) is 59.7 Å². The molecule has 4 aromatic rings. The Kier molecular flexibility index (Phi) is 3.58. The highest BCUT2D eigenvalue weighted by Crippen LogP contribution is 2.30.